The van der Waals surface area contributed by atoms with Crippen LogP contribution in [0.1, 0.15) is 23.6 Å². The average Bonchev–Trinajstić information content (AvgIpc) is 3.10. The normalized spacial score (nSPS) is 20.7. The topological polar surface area (TPSA) is 56.0 Å². The van der Waals surface area contributed by atoms with Crippen molar-refractivity contribution in [3.63, 3.8) is 0 Å². The van der Waals surface area contributed by atoms with Gasteiger partial charge in [0.2, 0.25) is 0 Å². The van der Waals surface area contributed by atoms with Gasteiger partial charge in [0.1, 0.15) is 6.33 Å². The molecule has 3 aromatic heterocycles. The minimum Gasteiger partial charge on any atom is -0.350 e. The Morgan fingerprint density at radius 2 is 1.87 bits per heavy atom. The number of hydrogen-bond acceptors (Lipinski definition) is 4. The summed E-state index contributed by atoms with van der Waals surface area (Å²) in [6.07, 6.45) is 8.36. The molecule has 6 nitrogen and oxygen atoms in total. The fraction of sp³-hybridized carbons (Fsp3) is 0.320. The highest BCUT2D eigenvalue weighted by Gasteiger charge is 2.35. The summed E-state index contributed by atoms with van der Waals surface area (Å²) in [5, 5.41) is 1.34. The summed E-state index contributed by atoms with van der Waals surface area (Å²) in [6.45, 7) is 3.77. The van der Waals surface area contributed by atoms with Gasteiger partial charge in [-0.05, 0) is 36.1 Å². The first-order chi connectivity index (χ1) is 15.2. The van der Waals surface area contributed by atoms with E-state index in [1.165, 1.54) is 34.9 Å². The van der Waals surface area contributed by atoms with Gasteiger partial charge in [-0.3, -0.25) is 9.69 Å². The molecule has 6 heteroatoms. The first-order valence-corrected chi connectivity index (χ1v) is 10.9. The maximum atomic E-state index is 13.3. The lowest BCUT2D eigenvalue weighted by Crippen LogP contribution is -2.46. The van der Waals surface area contributed by atoms with Crippen LogP contribution in [-0.2, 0) is 20.1 Å². The second-order valence-corrected chi connectivity index (χ2v) is 8.99. The van der Waals surface area contributed by atoms with Gasteiger partial charge in [-0.2, -0.15) is 0 Å². The Bertz CT molecular complexity index is 1320. The van der Waals surface area contributed by atoms with Gasteiger partial charge < -0.3 is 9.13 Å². The largest absolute Gasteiger partial charge is 0.350 e. The van der Waals surface area contributed by atoms with Crippen molar-refractivity contribution >= 4 is 10.9 Å². The quantitative estimate of drug-likeness (QED) is 0.518. The summed E-state index contributed by atoms with van der Waals surface area (Å²) in [7, 11) is 2.12. The van der Waals surface area contributed by atoms with Crippen molar-refractivity contribution in [2.24, 2.45) is 13.0 Å². The lowest BCUT2D eigenvalue weighted by atomic mass is 9.82. The molecule has 0 N–H and O–H groups in total. The Hall–Kier alpha value is -3.25. The molecule has 0 spiro atoms. The molecule has 1 saturated heterocycles. The molecule has 1 aromatic carbocycles. The molecule has 0 unspecified atom stereocenters. The molecule has 2 atom stereocenters. The highest BCUT2D eigenvalue weighted by molar-refractivity contribution is 5.83. The Morgan fingerprint density at radius 3 is 2.74 bits per heavy atom. The van der Waals surface area contributed by atoms with Crippen molar-refractivity contribution < 1.29 is 0 Å². The molecule has 0 radical (unpaired) electrons. The van der Waals surface area contributed by atoms with E-state index in [0.717, 1.165) is 31.7 Å². The first kappa shape index (κ1) is 18.5. The van der Waals surface area contributed by atoms with Crippen molar-refractivity contribution in [3.05, 3.63) is 82.9 Å². The maximum absolute atomic E-state index is 13.3. The van der Waals surface area contributed by atoms with E-state index in [1.807, 2.05) is 10.6 Å². The minimum absolute atomic E-state index is 0.0875. The Morgan fingerprint density at radius 1 is 1.03 bits per heavy atom. The van der Waals surface area contributed by atoms with Crippen molar-refractivity contribution in [2.45, 2.75) is 25.4 Å². The summed E-state index contributed by atoms with van der Waals surface area (Å²) in [6, 6.07) is 12.7. The van der Waals surface area contributed by atoms with Crippen LogP contribution in [0.5, 0.6) is 0 Å². The van der Waals surface area contributed by atoms with Gasteiger partial charge in [0.05, 0.1) is 5.56 Å². The van der Waals surface area contributed by atoms with Gasteiger partial charge in [-0.1, -0.05) is 18.2 Å². The Labute approximate surface area is 180 Å². The third kappa shape index (κ3) is 3.10. The number of likely N-dealkylation sites (tertiary alicyclic amines) is 1. The van der Waals surface area contributed by atoms with E-state index in [-0.39, 0.29) is 5.56 Å². The number of benzene rings is 1. The molecule has 2 aliphatic heterocycles. The molecule has 5 heterocycles. The summed E-state index contributed by atoms with van der Waals surface area (Å²) < 4.78 is 4.23. The van der Waals surface area contributed by atoms with E-state index in [1.54, 1.807) is 12.4 Å². The van der Waals surface area contributed by atoms with Crippen LogP contribution >= 0.6 is 0 Å². The second kappa shape index (κ2) is 7.17. The fourth-order valence-corrected chi connectivity index (χ4v) is 5.62. The number of piperidine rings is 1. The summed E-state index contributed by atoms with van der Waals surface area (Å²) in [4.78, 5) is 24.0. The summed E-state index contributed by atoms with van der Waals surface area (Å²) in [5.41, 5.74) is 5.40. The van der Waals surface area contributed by atoms with Crippen LogP contribution in [0.4, 0.5) is 0 Å². The van der Waals surface area contributed by atoms with Gasteiger partial charge >= 0.3 is 0 Å². The van der Waals surface area contributed by atoms with E-state index in [2.05, 4.69) is 63.0 Å². The molecule has 1 fully saturated rings. The maximum Gasteiger partial charge on any atom is 0.258 e. The lowest BCUT2D eigenvalue weighted by Gasteiger charge is -2.43. The number of para-hydroxylation sites is 1. The predicted octanol–water partition coefficient (Wildman–Crippen LogP) is 3.42. The number of aromatic nitrogens is 4. The van der Waals surface area contributed by atoms with Crippen LogP contribution in [-0.4, -0.2) is 37.1 Å². The molecule has 0 amide bonds. The highest BCUT2D eigenvalue weighted by Crippen LogP contribution is 2.36. The molecule has 31 heavy (non-hydrogen) atoms. The van der Waals surface area contributed by atoms with Crippen LogP contribution in [0, 0.1) is 5.92 Å². The molecule has 2 bridgehead atoms. The van der Waals surface area contributed by atoms with Crippen molar-refractivity contribution in [1.82, 2.24) is 24.0 Å². The van der Waals surface area contributed by atoms with E-state index in [0.29, 0.717) is 17.4 Å². The van der Waals surface area contributed by atoms with Gasteiger partial charge in [0, 0.05) is 79.9 Å². The van der Waals surface area contributed by atoms with Crippen LogP contribution in [0.15, 0.2) is 66.1 Å². The zero-order valence-corrected chi connectivity index (χ0v) is 17.6. The second-order valence-electron chi connectivity index (χ2n) is 8.99. The van der Waals surface area contributed by atoms with Crippen molar-refractivity contribution in [2.75, 3.05) is 13.1 Å². The van der Waals surface area contributed by atoms with Crippen LogP contribution < -0.4 is 5.56 Å². The lowest BCUT2D eigenvalue weighted by molar-refractivity contribution is 0.115. The summed E-state index contributed by atoms with van der Waals surface area (Å²) in [5.74, 6) is 0.900. The highest BCUT2D eigenvalue weighted by atomic mass is 16.1. The first-order valence-electron chi connectivity index (χ1n) is 10.9. The third-order valence-corrected chi connectivity index (χ3v) is 6.92. The zero-order chi connectivity index (χ0) is 20.9. The SMILES string of the molecule is Cn1cc(CN2C[C@H]3C[C@H](C2)c2ccc(-c4cncnc4)c(=O)n2C3)c2ccccc21. The Kier molecular flexibility index (Phi) is 4.28. The number of fused-ring (bicyclic) bond motifs is 5. The molecule has 0 saturated carbocycles. The van der Waals surface area contributed by atoms with E-state index in [9.17, 15) is 4.79 Å². The number of aryl methyl sites for hydroxylation is 1. The predicted molar refractivity (Wildman–Crippen MR) is 121 cm³/mol. The third-order valence-electron chi connectivity index (χ3n) is 6.92. The van der Waals surface area contributed by atoms with Crippen LogP contribution in [0.3, 0.4) is 0 Å². The minimum atomic E-state index is 0.0875. The van der Waals surface area contributed by atoms with Gasteiger partial charge in [0.25, 0.3) is 5.56 Å². The van der Waals surface area contributed by atoms with Crippen molar-refractivity contribution in [1.29, 1.82) is 0 Å². The van der Waals surface area contributed by atoms with Gasteiger partial charge in [0.15, 0.2) is 0 Å². The van der Waals surface area contributed by atoms with Gasteiger partial charge in [-0.15, -0.1) is 0 Å². The number of nitrogens with zero attached hydrogens (tertiary/aromatic N) is 5. The van der Waals surface area contributed by atoms with Crippen LogP contribution in [0.2, 0.25) is 0 Å². The zero-order valence-electron chi connectivity index (χ0n) is 17.6. The van der Waals surface area contributed by atoms with E-state index < -0.39 is 0 Å². The molecular formula is C25H25N5O. The summed E-state index contributed by atoms with van der Waals surface area (Å²) >= 11 is 0. The smallest absolute Gasteiger partial charge is 0.258 e. The van der Waals surface area contributed by atoms with Gasteiger partial charge in [-0.25, -0.2) is 9.97 Å². The van der Waals surface area contributed by atoms with E-state index >= 15 is 0 Å². The number of rotatable bonds is 3. The standard InChI is InChI=1S/C25H25N5O/c1-28-13-20(21-4-2-3-5-24(21)28)15-29-11-17-8-18(14-29)23-7-6-22(25(31)30(23)12-17)19-9-26-16-27-10-19/h2-7,9-10,13,16-18H,8,11-12,14-15H2,1H3/t17-,18-/m1/s1. The fourth-order valence-electron chi connectivity index (χ4n) is 5.62. The molecule has 4 aromatic rings. The van der Waals surface area contributed by atoms with Crippen molar-refractivity contribution in [3.8, 4) is 11.1 Å². The monoisotopic (exact) mass is 411 g/mol. The molecule has 0 aliphatic carbocycles. The molecule has 6 rings (SSSR count). The Balaban J connectivity index is 1.30. The number of hydrogen-bond donors (Lipinski definition) is 0. The average molecular weight is 412 g/mol. The molecule has 2 aliphatic rings. The van der Waals surface area contributed by atoms with E-state index in [4.69, 9.17) is 0 Å². The molecular weight excluding hydrogens is 386 g/mol. The van der Waals surface area contributed by atoms with Crippen LogP contribution in [0.25, 0.3) is 22.0 Å². The number of pyridine rings is 1. The molecule has 156 valence electrons.